The van der Waals surface area contributed by atoms with Crippen LogP contribution < -0.4 is 15.0 Å². The second-order valence-corrected chi connectivity index (χ2v) is 7.75. The molecule has 0 radical (unpaired) electrons. The number of rotatable bonds is 6. The van der Waals surface area contributed by atoms with Crippen LogP contribution in [0.3, 0.4) is 0 Å². The summed E-state index contributed by atoms with van der Waals surface area (Å²) in [7, 11) is 0. The molecule has 0 saturated heterocycles. The molecule has 0 fully saturated rings. The van der Waals surface area contributed by atoms with E-state index in [4.69, 9.17) is 22.1 Å². The Hall–Kier alpha value is -2.83. The Labute approximate surface area is 181 Å². The van der Waals surface area contributed by atoms with Crippen molar-refractivity contribution >= 4 is 17.4 Å². The third-order valence-electron chi connectivity index (χ3n) is 5.70. The highest BCUT2D eigenvalue weighted by molar-refractivity contribution is 6.31. The minimum absolute atomic E-state index is 0.133. The van der Waals surface area contributed by atoms with Gasteiger partial charge in [-0.1, -0.05) is 54.7 Å². The van der Waals surface area contributed by atoms with E-state index in [0.29, 0.717) is 22.5 Å². The van der Waals surface area contributed by atoms with E-state index < -0.39 is 0 Å². The summed E-state index contributed by atoms with van der Waals surface area (Å²) in [4.78, 5) is 6.90. The molecule has 0 unspecified atom stereocenters. The predicted octanol–water partition coefficient (Wildman–Crippen LogP) is 3.94. The fourth-order valence-corrected chi connectivity index (χ4v) is 4.22. The van der Waals surface area contributed by atoms with E-state index in [-0.39, 0.29) is 11.7 Å². The van der Waals surface area contributed by atoms with Gasteiger partial charge in [-0.2, -0.15) is 0 Å². The summed E-state index contributed by atoms with van der Waals surface area (Å²) in [6.45, 7) is 7.87. The Morgan fingerprint density at radius 2 is 1.93 bits per heavy atom. The van der Waals surface area contributed by atoms with E-state index in [9.17, 15) is 5.11 Å². The van der Waals surface area contributed by atoms with Crippen LogP contribution >= 0.6 is 11.6 Å². The van der Waals surface area contributed by atoms with Crippen LogP contribution in [0, 0.1) is 0 Å². The number of likely N-dealkylation sites (N-methyl/N-ethyl adjacent to an activating group) is 1. The van der Waals surface area contributed by atoms with Gasteiger partial charge in [0.05, 0.1) is 12.5 Å². The summed E-state index contributed by atoms with van der Waals surface area (Å²) < 4.78 is 8.00. The largest absolute Gasteiger partial charge is 0.508 e. The zero-order valence-electron chi connectivity index (χ0n) is 17.2. The molecule has 3 aromatic rings. The number of phenolic OH excluding ortho intramolecular Hbond substituents is 1. The number of ether oxygens (including phenoxy) is 1. The van der Waals surface area contributed by atoms with E-state index >= 15 is 0 Å². The summed E-state index contributed by atoms with van der Waals surface area (Å²) in [6.07, 6.45) is 1.72. The van der Waals surface area contributed by atoms with E-state index in [2.05, 4.69) is 23.7 Å². The molecule has 1 aliphatic heterocycles. The highest BCUT2D eigenvalue weighted by Gasteiger charge is 2.37. The quantitative estimate of drug-likeness (QED) is 0.458. The van der Waals surface area contributed by atoms with Crippen LogP contribution in [0.15, 0.2) is 48.8 Å². The van der Waals surface area contributed by atoms with Gasteiger partial charge in [0, 0.05) is 23.2 Å². The average molecular weight is 426 g/mol. The molecule has 1 atom stereocenters. The first-order valence-corrected chi connectivity index (χ1v) is 10.6. The minimum Gasteiger partial charge on any atom is -0.508 e. The maximum Gasteiger partial charge on any atom is 0.306 e. The molecule has 1 aromatic heterocycles. The van der Waals surface area contributed by atoms with Gasteiger partial charge >= 0.3 is 5.88 Å². The Balaban J connectivity index is 1.84. The van der Waals surface area contributed by atoms with Crippen molar-refractivity contribution in [2.24, 2.45) is 0 Å². The number of aromatic hydroxyl groups is 1. The van der Waals surface area contributed by atoms with Crippen LogP contribution in [-0.2, 0) is 6.54 Å². The number of nitrogens with zero attached hydrogens (tertiary/aromatic N) is 3. The lowest BCUT2D eigenvalue weighted by atomic mass is 9.83. The molecule has 4 rings (SSSR count). The summed E-state index contributed by atoms with van der Waals surface area (Å²) >= 11 is 6.59. The molecular formula is C23H26ClN4O2+. The molecule has 1 aliphatic rings. The first kappa shape index (κ1) is 20.4. The number of fused-ring (bicyclic) bond motifs is 2. The molecular weight excluding hydrogens is 400 g/mol. The number of nitrogen functional groups attached to an aromatic ring is 1. The fraction of sp³-hybridized carbons (Fsp3) is 0.304. The van der Waals surface area contributed by atoms with Gasteiger partial charge in [-0.15, -0.1) is 0 Å². The number of nitrogens with two attached hydrogens (primary N) is 1. The number of aromatic nitrogens is 2. The van der Waals surface area contributed by atoms with Crippen molar-refractivity contribution < 1.29 is 14.4 Å². The van der Waals surface area contributed by atoms with Crippen molar-refractivity contribution in [3.05, 3.63) is 70.5 Å². The summed E-state index contributed by atoms with van der Waals surface area (Å²) in [6, 6.07) is 12.8. The molecule has 2 heterocycles. The highest BCUT2D eigenvalue weighted by atomic mass is 35.5. The number of benzene rings is 2. The van der Waals surface area contributed by atoms with Crippen molar-refractivity contribution in [1.29, 1.82) is 0 Å². The first-order chi connectivity index (χ1) is 14.5. The predicted molar refractivity (Wildman–Crippen MR) is 117 cm³/mol. The Morgan fingerprint density at radius 3 is 2.67 bits per heavy atom. The van der Waals surface area contributed by atoms with Crippen molar-refractivity contribution in [3.8, 4) is 17.4 Å². The Bertz CT molecular complexity index is 1070. The van der Waals surface area contributed by atoms with E-state index in [1.165, 1.54) is 0 Å². The minimum atomic E-state index is -0.244. The van der Waals surface area contributed by atoms with Gasteiger partial charge in [-0.3, -0.25) is 0 Å². The van der Waals surface area contributed by atoms with Crippen molar-refractivity contribution in [2.45, 2.75) is 26.3 Å². The van der Waals surface area contributed by atoms with E-state index in [1.807, 2.05) is 34.9 Å². The maximum atomic E-state index is 9.96. The first-order valence-electron chi connectivity index (χ1n) is 10.2. The Morgan fingerprint density at radius 1 is 1.17 bits per heavy atom. The van der Waals surface area contributed by atoms with Crippen LogP contribution in [0.1, 0.15) is 36.5 Å². The summed E-state index contributed by atoms with van der Waals surface area (Å²) in [5, 5.41) is 10.6. The lowest BCUT2D eigenvalue weighted by molar-refractivity contribution is -0.685. The third kappa shape index (κ3) is 3.68. The topological polar surface area (TPSA) is 75.5 Å². The number of phenols is 1. The van der Waals surface area contributed by atoms with Gasteiger partial charge < -0.3 is 20.5 Å². The molecule has 0 aliphatic carbocycles. The van der Waals surface area contributed by atoms with Gasteiger partial charge in [0.2, 0.25) is 12.1 Å². The molecule has 0 spiro atoms. The number of anilines is 1. The van der Waals surface area contributed by atoms with Crippen LogP contribution in [-0.4, -0.2) is 34.6 Å². The third-order valence-corrected chi connectivity index (χ3v) is 6.05. The van der Waals surface area contributed by atoms with E-state index in [0.717, 1.165) is 42.9 Å². The van der Waals surface area contributed by atoms with Crippen LogP contribution in [0.2, 0.25) is 5.02 Å². The fourth-order valence-electron chi connectivity index (χ4n) is 3.98. The molecule has 156 valence electrons. The SMILES string of the molecule is CCN(CC)CC[n+]1cnc2c(c1N)[C@H](c1ccccc1Cl)c1ccc(O)cc1O2. The van der Waals surface area contributed by atoms with E-state index in [1.54, 1.807) is 18.5 Å². The molecule has 0 bridgehead atoms. The smallest absolute Gasteiger partial charge is 0.306 e. The van der Waals surface area contributed by atoms with Crippen molar-refractivity contribution in [3.63, 3.8) is 0 Å². The standard InChI is InChI=1S/C23H25ClN4O2/c1-3-27(4-2)11-12-28-14-26-23-21(22(28)25)20(16-7-5-6-8-18(16)24)17-10-9-15(29)13-19(17)30-23/h5-10,13-14,20,25,29H,3-4,11-12H2,1-2H3/p+1/t20-/m1/s1. The normalized spacial score (nSPS) is 14.9. The van der Waals surface area contributed by atoms with Gasteiger partial charge in [-0.25, -0.2) is 4.57 Å². The number of halogens is 1. The molecule has 7 heteroatoms. The molecule has 2 aromatic carbocycles. The molecule has 0 saturated carbocycles. The Kier molecular flexibility index (Phi) is 5.79. The lowest BCUT2D eigenvalue weighted by Gasteiger charge is -2.28. The monoisotopic (exact) mass is 425 g/mol. The lowest BCUT2D eigenvalue weighted by Crippen LogP contribution is -2.44. The average Bonchev–Trinajstić information content (AvgIpc) is 2.75. The van der Waals surface area contributed by atoms with Gasteiger partial charge in [0.1, 0.15) is 17.1 Å². The summed E-state index contributed by atoms with van der Waals surface area (Å²) in [5.74, 6) is 1.49. The van der Waals surface area contributed by atoms with Gasteiger partial charge in [-0.05, 0) is 30.8 Å². The molecule has 0 amide bonds. The summed E-state index contributed by atoms with van der Waals surface area (Å²) in [5.41, 5.74) is 9.28. The molecule has 6 nitrogen and oxygen atoms in total. The number of hydrogen-bond donors (Lipinski definition) is 2. The molecule has 30 heavy (non-hydrogen) atoms. The van der Waals surface area contributed by atoms with Crippen LogP contribution in [0.5, 0.6) is 17.4 Å². The highest BCUT2D eigenvalue weighted by Crippen LogP contribution is 2.49. The van der Waals surface area contributed by atoms with Crippen LogP contribution in [0.4, 0.5) is 5.82 Å². The van der Waals surface area contributed by atoms with Gasteiger partial charge in [0.15, 0.2) is 0 Å². The van der Waals surface area contributed by atoms with Crippen LogP contribution in [0.25, 0.3) is 0 Å². The number of hydrogen-bond acceptors (Lipinski definition) is 5. The van der Waals surface area contributed by atoms with Gasteiger partial charge in [0.25, 0.3) is 0 Å². The zero-order valence-corrected chi connectivity index (χ0v) is 17.9. The van der Waals surface area contributed by atoms with Crippen molar-refractivity contribution in [2.75, 3.05) is 25.4 Å². The van der Waals surface area contributed by atoms with Crippen molar-refractivity contribution in [1.82, 2.24) is 9.88 Å². The molecule has 3 N–H and O–H groups in total. The maximum absolute atomic E-state index is 9.96. The second-order valence-electron chi connectivity index (χ2n) is 7.35. The zero-order chi connectivity index (χ0) is 21.3. The second kappa shape index (κ2) is 8.50.